The highest BCUT2D eigenvalue weighted by molar-refractivity contribution is 7.89. The van der Waals surface area contributed by atoms with Crippen molar-refractivity contribution in [1.82, 2.24) is 9.62 Å². The predicted octanol–water partition coefficient (Wildman–Crippen LogP) is 2.68. The minimum Gasteiger partial charge on any atom is -0.325 e. The summed E-state index contributed by atoms with van der Waals surface area (Å²) in [6.45, 7) is 3.89. The number of carbonyl (C=O) groups is 2. The summed E-state index contributed by atoms with van der Waals surface area (Å²) in [6.07, 6.45) is 5.15. The van der Waals surface area contributed by atoms with E-state index in [1.807, 2.05) is 32.1 Å². The van der Waals surface area contributed by atoms with Gasteiger partial charge in [-0.25, -0.2) is 12.7 Å². The second kappa shape index (κ2) is 6.85. The van der Waals surface area contributed by atoms with Crippen molar-refractivity contribution in [3.05, 3.63) is 65.9 Å². The second-order valence-electron chi connectivity index (χ2n) is 7.89. The zero-order chi connectivity index (χ0) is 21.7. The number of hydrogen-bond acceptors (Lipinski definition) is 4. The van der Waals surface area contributed by atoms with E-state index in [1.165, 1.54) is 13.1 Å². The summed E-state index contributed by atoms with van der Waals surface area (Å²) in [6, 6.07) is 10.3. The van der Waals surface area contributed by atoms with Gasteiger partial charge in [-0.2, -0.15) is 0 Å². The normalized spacial score (nSPS) is 21.2. The lowest BCUT2D eigenvalue weighted by Gasteiger charge is -2.30. The van der Waals surface area contributed by atoms with Crippen LogP contribution in [0.5, 0.6) is 0 Å². The fraction of sp³-hybridized carbons (Fsp3) is 0.217. The number of likely N-dealkylation sites (N-methyl/N-ethyl adjacent to an activating group) is 1. The van der Waals surface area contributed by atoms with E-state index < -0.39 is 27.8 Å². The third-order valence-corrected chi connectivity index (χ3v) is 7.03. The zero-order valence-corrected chi connectivity index (χ0v) is 17.6. The SMILES string of the molecule is CN1C(=O)C(C(=O)NC2=CC#CC(C)(C)C=C2)c2cc3ccccc3cc2S1(=O)=O. The van der Waals surface area contributed by atoms with Gasteiger partial charge in [0.2, 0.25) is 5.91 Å². The fourth-order valence-electron chi connectivity index (χ4n) is 3.50. The van der Waals surface area contributed by atoms with E-state index in [0.29, 0.717) is 15.4 Å². The molecule has 2 aromatic rings. The quantitative estimate of drug-likeness (QED) is 0.598. The van der Waals surface area contributed by atoms with Crippen LogP contribution in [0.15, 0.2) is 65.2 Å². The molecule has 2 aliphatic rings. The first kappa shape index (κ1) is 19.9. The van der Waals surface area contributed by atoms with E-state index in [4.69, 9.17) is 0 Å². The topological polar surface area (TPSA) is 83.6 Å². The number of sulfonamides is 1. The first-order valence-corrected chi connectivity index (χ1v) is 10.8. The molecule has 1 aliphatic heterocycles. The molecule has 1 atom stereocenters. The number of allylic oxidation sites excluding steroid dienone is 3. The molecule has 7 heteroatoms. The number of nitrogens with zero attached hydrogens (tertiary/aromatic N) is 1. The summed E-state index contributed by atoms with van der Waals surface area (Å²) in [7, 11) is -2.85. The lowest BCUT2D eigenvalue weighted by atomic mass is 9.93. The Hall–Kier alpha value is -3.37. The molecular weight excluding hydrogens is 400 g/mol. The lowest BCUT2D eigenvalue weighted by molar-refractivity contribution is -0.134. The molecule has 1 N–H and O–H groups in total. The summed E-state index contributed by atoms with van der Waals surface area (Å²) in [5, 5.41) is 4.19. The minimum atomic E-state index is -4.03. The first-order chi connectivity index (χ1) is 14.1. The van der Waals surface area contributed by atoms with Crippen LogP contribution < -0.4 is 5.32 Å². The van der Waals surface area contributed by atoms with Crippen molar-refractivity contribution >= 4 is 32.6 Å². The molecule has 6 nitrogen and oxygen atoms in total. The van der Waals surface area contributed by atoms with Gasteiger partial charge >= 0.3 is 0 Å². The summed E-state index contributed by atoms with van der Waals surface area (Å²) < 4.78 is 26.4. The van der Waals surface area contributed by atoms with Crippen molar-refractivity contribution in [2.45, 2.75) is 24.7 Å². The monoisotopic (exact) mass is 420 g/mol. The van der Waals surface area contributed by atoms with Crippen LogP contribution in [0, 0.1) is 17.3 Å². The van der Waals surface area contributed by atoms with Crippen molar-refractivity contribution < 1.29 is 18.0 Å². The number of hydrogen-bond donors (Lipinski definition) is 1. The summed E-state index contributed by atoms with van der Waals surface area (Å²) in [5.41, 5.74) is 0.284. The number of benzene rings is 2. The Balaban J connectivity index is 1.80. The Morgan fingerprint density at radius 1 is 1.17 bits per heavy atom. The van der Waals surface area contributed by atoms with Gasteiger partial charge in [-0.3, -0.25) is 9.59 Å². The van der Waals surface area contributed by atoms with Crippen molar-refractivity contribution in [1.29, 1.82) is 0 Å². The molecule has 0 spiro atoms. The molecule has 152 valence electrons. The van der Waals surface area contributed by atoms with E-state index in [2.05, 4.69) is 17.2 Å². The van der Waals surface area contributed by atoms with Gasteiger partial charge in [0.25, 0.3) is 15.9 Å². The maximum Gasteiger partial charge on any atom is 0.266 e. The summed E-state index contributed by atoms with van der Waals surface area (Å²) in [4.78, 5) is 26.0. The Labute approximate surface area is 175 Å². The van der Waals surface area contributed by atoms with Crippen LogP contribution in [0.1, 0.15) is 25.3 Å². The maximum atomic E-state index is 13.1. The number of fused-ring (bicyclic) bond motifs is 2. The summed E-state index contributed by atoms with van der Waals surface area (Å²) >= 11 is 0. The second-order valence-corrected chi connectivity index (χ2v) is 9.83. The first-order valence-electron chi connectivity index (χ1n) is 9.39. The minimum absolute atomic E-state index is 0.0326. The van der Waals surface area contributed by atoms with Crippen LogP contribution in [0.4, 0.5) is 0 Å². The van der Waals surface area contributed by atoms with Gasteiger partial charge in [0.05, 0.1) is 4.90 Å². The summed E-state index contributed by atoms with van der Waals surface area (Å²) in [5.74, 6) is 3.26. The average Bonchev–Trinajstić information content (AvgIpc) is 2.86. The van der Waals surface area contributed by atoms with Crippen molar-refractivity contribution in [2.24, 2.45) is 5.41 Å². The molecule has 0 fully saturated rings. The fourth-order valence-corrected chi connectivity index (χ4v) is 4.89. The van der Waals surface area contributed by atoms with Crippen LogP contribution in [-0.4, -0.2) is 31.6 Å². The Kier molecular flexibility index (Phi) is 4.55. The largest absolute Gasteiger partial charge is 0.325 e. The van der Waals surface area contributed by atoms with Gasteiger partial charge in [0.15, 0.2) is 0 Å². The van der Waals surface area contributed by atoms with Gasteiger partial charge in [-0.15, -0.1) is 0 Å². The highest BCUT2D eigenvalue weighted by Gasteiger charge is 2.44. The van der Waals surface area contributed by atoms with Gasteiger partial charge in [-0.05, 0) is 48.4 Å². The van der Waals surface area contributed by atoms with Crippen molar-refractivity contribution in [3.63, 3.8) is 0 Å². The van der Waals surface area contributed by atoms with Crippen LogP contribution in [0.3, 0.4) is 0 Å². The third kappa shape index (κ3) is 3.29. The van der Waals surface area contributed by atoms with Crippen LogP contribution in [0.2, 0.25) is 0 Å². The molecule has 2 amide bonds. The molecule has 0 radical (unpaired) electrons. The maximum absolute atomic E-state index is 13.1. The lowest BCUT2D eigenvalue weighted by Crippen LogP contribution is -2.47. The van der Waals surface area contributed by atoms with Gasteiger partial charge in [0, 0.05) is 24.2 Å². The molecule has 1 aliphatic carbocycles. The van der Waals surface area contributed by atoms with E-state index in [0.717, 1.165) is 5.39 Å². The molecule has 0 aromatic heterocycles. The standard InChI is InChI=1S/C23H20N2O4S/c1-23(2)11-6-9-17(10-12-23)24-21(26)20-18-13-15-7-4-5-8-16(15)14-19(18)30(28,29)25(3)22(20)27/h4-5,7-10,12-14,20H,1-3H3,(H,24,26). The Morgan fingerprint density at radius 2 is 1.83 bits per heavy atom. The molecular formula is C23H20N2O4S. The number of carbonyl (C=O) groups excluding carboxylic acids is 2. The number of amides is 2. The van der Waals surface area contributed by atoms with Crippen LogP contribution in [0.25, 0.3) is 10.8 Å². The smallest absolute Gasteiger partial charge is 0.266 e. The van der Waals surface area contributed by atoms with E-state index in [-0.39, 0.29) is 15.9 Å². The van der Waals surface area contributed by atoms with E-state index in [9.17, 15) is 18.0 Å². The zero-order valence-electron chi connectivity index (χ0n) is 16.8. The average molecular weight is 420 g/mol. The van der Waals surface area contributed by atoms with Gasteiger partial charge < -0.3 is 5.32 Å². The molecule has 0 saturated carbocycles. The molecule has 0 bridgehead atoms. The Morgan fingerprint density at radius 3 is 2.53 bits per heavy atom. The number of nitrogens with one attached hydrogen (secondary N) is 1. The van der Waals surface area contributed by atoms with E-state index in [1.54, 1.807) is 30.4 Å². The van der Waals surface area contributed by atoms with Crippen LogP contribution in [-0.2, 0) is 19.6 Å². The molecule has 30 heavy (non-hydrogen) atoms. The Bertz CT molecular complexity index is 1320. The van der Waals surface area contributed by atoms with Crippen LogP contribution >= 0.6 is 0 Å². The van der Waals surface area contributed by atoms with Gasteiger partial charge in [0.1, 0.15) is 5.92 Å². The molecule has 4 rings (SSSR count). The predicted molar refractivity (Wildman–Crippen MR) is 114 cm³/mol. The highest BCUT2D eigenvalue weighted by Crippen LogP contribution is 2.37. The third-order valence-electron chi connectivity index (χ3n) is 5.22. The molecule has 2 aromatic carbocycles. The number of rotatable bonds is 2. The van der Waals surface area contributed by atoms with Crippen molar-refractivity contribution in [3.8, 4) is 11.8 Å². The molecule has 0 saturated heterocycles. The molecule has 1 heterocycles. The van der Waals surface area contributed by atoms with Gasteiger partial charge in [-0.1, -0.05) is 42.2 Å². The van der Waals surface area contributed by atoms with E-state index >= 15 is 0 Å². The molecule has 1 unspecified atom stereocenters. The van der Waals surface area contributed by atoms with Crippen molar-refractivity contribution in [2.75, 3.05) is 7.05 Å². The highest BCUT2D eigenvalue weighted by atomic mass is 32.2.